The summed E-state index contributed by atoms with van der Waals surface area (Å²) in [6, 6.07) is 11.7. The van der Waals surface area contributed by atoms with Crippen LogP contribution in [-0.4, -0.2) is 31.3 Å². The SMILES string of the molecule is O=C(C[NH+]1CCC(C(=O)c2ccc(F)cc2)CC1)NCc1ccc(F)cc1. The normalized spacial score (nSPS) is 19.5. The first-order chi connectivity index (χ1) is 13.0. The average molecular weight is 373 g/mol. The van der Waals surface area contributed by atoms with Gasteiger partial charge in [0.15, 0.2) is 12.3 Å². The Bertz CT molecular complexity index is 783. The standard InChI is InChI=1S/C21H22F2N2O2/c22-18-5-1-15(2-6-18)13-24-20(26)14-25-11-9-17(10-12-25)21(27)16-3-7-19(23)8-4-16/h1-8,17H,9-14H2,(H,24,26)/p+1. The monoisotopic (exact) mass is 373 g/mol. The Morgan fingerprint density at radius 3 is 2.07 bits per heavy atom. The van der Waals surface area contributed by atoms with Crippen LogP contribution in [0.1, 0.15) is 28.8 Å². The molecule has 1 aliphatic rings. The molecule has 2 aromatic rings. The van der Waals surface area contributed by atoms with Crippen LogP contribution < -0.4 is 10.2 Å². The topological polar surface area (TPSA) is 50.6 Å². The largest absolute Gasteiger partial charge is 0.347 e. The zero-order chi connectivity index (χ0) is 19.2. The van der Waals surface area contributed by atoms with Gasteiger partial charge in [0.2, 0.25) is 0 Å². The molecule has 0 bridgehead atoms. The first-order valence-corrected chi connectivity index (χ1v) is 9.16. The third-order valence-electron chi connectivity index (χ3n) is 5.01. The van der Waals surface area contributed by atoms with E-state index in [-0.39, 0.29) is 29.2 Å². The molecular weight excluding hydrogens is 350 g/mol. The van der Waals surface area contributed by atoms with Crippen molar-refractivity contribution in [2.45, 2.75) is 19.4 Å². The second-order valence-corrected chi connectivity index (χ2v) is 6.98. The van der Waals surface area contributed by atoms with Crippen LogP contribution in [0, 0.1) is 17.6 Å². The molecule has 0 unspecified atom stereocenters. The number of carbonyl (C=O) groups excluding carboxylic acids is 2. The molecule has 0 radical (unpaired) electrons. The highest BCUT2D eigenvalue weighted by atomic mass is 19.1. The van der Waals surface area contributed by atoms with E-state index in [0.29, 0.717) is 18.7 Å². The van der Waals surface area contributed by atoms with Crippen molar-refractivity contribution < 1.29 is 23.3 Å². The van der Waals surface area contributed by atoms with Crippen molar-refractivity contribution in [3.8, 4) is 0 Å². The van der Waals surface area contributed by atoms with Gasteiger partial charge in [0.05, 0.1) is 13.1 Å². The molecular formula is C21H23F2N2O2+. The van der Waals surface area contributed by atoms with Gasteiger partial charge in [-0.15, -0.1) is 0 Å². The van der Waals surface area contributed by atoms with Crippen LogP contribution in [-0.2, 0) is 11.3 Å². The molecule has 3 rings (SSSR count). The summed E-state index contributed by atoms with van der Waals surface area (Å²) in [6.45, 7) is 2.24. The lowest BCUT2D eigenvalue weighted by molar-refractivity contribution is -0.897. The number of Topliss-reactive ketones (excluding diaryl/α,β-unsaturated/α-hetero) is 1. The maximum Gasteiger partial charge on any atom is 0.275 e. The van der Waals surface area contributed by atoms with E-state index >= 15 is 0 Å². The molecule has 0 spiro atoms. The van der Waals surface area contributed by atoms with Gasteiger partial charge >= 0.3 is 0 Å². The van der Waals surface area contributed by atoms with Gasteiger partial charge in [-0.25, -0.2) is 8.78 Å². The molecule has 1 heterocycles. The fourth-order valence-corrected chi connectivity index (χ4v) is 3.41. The molecule has 1 saturated heterocycles. The van der Waals surface area contributed by atoms with Gasteiger partial charge in [-0.05, 0) is 42.0 Å². The van der Waals surface area contributed by atoms with E-state index in [0.717, 1.165) is 36.4 Å². The van der Waals surface area contributed by atoms with Crippen LogP contribution in [0.2, 0.25) is 0 Å². The number of quaternary nitrogens is 1. The van der Waals surface area contributed by atoms with E-state index in [1.54, 1.807) is 12.1 Å². The summed E-state index contributed by atoms with van der Waals surface area (Å²) in [7, 11) is 0. The number of carbonyl (C=O) groups is 2. The summed E-state index contributed by atoms with van der Waals surface area (Å²) in [5.41, 5.74) is 1.39. The zero-order valence-electron chi connectivity index (χ0n) is 15.0. The van der Waals surface area contributed by atoms with Crippen molar-refractivity contribution in [2.75, 3.05) is 19.6 Å². The van der Waals surface area contributed by atoms with Gasteiger partial charge < -0.3 is 10.2 Å². The molecule has 2 aromatic carbocycles. The van der Waals surface area contributed by atoms with Crippen LogP contribution in [0.25, 0.3) is 0 Å². The van der Waals surface area contributed by atoms with Crippen LogP contribution in [0.3, 0.4) is 0 Å². The Balaban J connectivity index is 1.42. The molecule has 4 nitrogen and oxygen atoms in total. The molecule has 27 heavy (non-hydrogen) atoms. The first-order valence-electron chi connectivity index (χ1n) is 9.16. The van der Waals surface area contributed by atoms with E-state index < -0.39 is 0 Å². The molecule has 0 aliphatic carbocycles. The van der Waals surface area contributed by atoms with Crippen molar-refractivity contribution in [1.82, 2.24) is 5.32 Å². The van der Waals surface area contributed by atoms with E-state index in [1.807, 2.05) is 0 Å². The van der Waals surface area contributed by atoms with Gasteiger partial charge in [0, 0.05) is 30.9 Å². The first kappa shape index (κ1) is 19.2. The van der Waals surface area contributed by atoms with Crippen LogP contribution in [0.15, 0.2) is 48.5 Å². The number of benzene rings is 2. The number of ketones is 1. The molecule has 142 valence electrons. The molecule has 1 fully saturated rings. The zero-order valence-corrected chi connectivity index (χ0v) is 15.0. The second-order valence-electron chi connectivity index (χ2n) is 6.98. The second kappa shape index (κ2) is 8.86. The number of hydrogen-bond donors (Lipinski definition) is 2. The van der Waals surface area contributed by atoms with E-state index in [4.69, 9.17) is 0 Å². The Morgan fingerprint density at radius 2 is 1.48 bits per heavy atom. The maximum atomic E-state index is 13.0. The van der Waals surface area contributed by atoms with Crippen LogP contribution in [0.5, 0.6) is 0 Å². The Labute approximate surface area is 157 Å². The predicted octanol–water partition coefficient (Wildman–Crippen LogP) is 1.76. The number of likely N-dealkylation sites (tertiary alicyclic amines) is 1. The highest BCUT2D eigenvalue weighted by molar-refractivity contribution is 5.97. The van der Waals surface area contributed by atoms with Gasteiger partial charge in [0.25, 0.3) is 5.91 Å². The molecule has 1 aliphatic heterocycles. The van der Waals surface area contributed by atoms with Gasteiger partial charge in [-0.2, -0.15) is 0 Å². The molecule has 6 heteroatoms. The number of hydrogen-bond acceptors (Lipinski definition) is 2. The number of halogens is 2. The summed E-state index contributed by atoms with van der Waals surface area (Å²) in [6.07, 6.45) is 1.44. The summed E-state index contributed by atoms with van der Waals surface area (Å²) in [5, 5.41) is 2.85. The van der Waals surface area contributed by atoms with Crippen LogP contribution >= 0.6 is 0 Å². The summed E-state index contributed by atoms with van der Waals surface area (Å²) >= 11 is 0. The van der Waals surface area contributed by atoms with Crippen LogP contribution in [0.4, 0.5) is 8.78 Å². The summed E-state index contributed by atoms with van der Waals surface area (Å²) < 4.78 is 25.9. The Hall–Kier alpha value is -2.60. The quantitative estimate of drug-likeness (QED) is 0.758. The highest BCUT2D eigenvalue weighted by Crippen LogP contribution is 2.17. The maximum absolute atomic E-state index is 13.0. The fraction of sp³-hybridized carbons (Fsp3) is 0.333. The van der Waals surface area contributed by atoms with Gasteiger partial charge in [-0.3, -0.25) is 9.59 Å². The van der Waals surface area contributed by atoms with Crippen molar-refractivity contribution in [3.05, 3.63) is 71.3 Å². The fourth-order valence-electron chi connectivity index (χ4n) is 3.41. The van der Waals surface area contributed by atoms with Crippen molar-refractivity contribution in [3.63, 3.8) is 0 Å². The third kappa shape index (κ3) is 5.44. The van der Waals surface area contributed by atoms with Gasteiger partial charge in [0.1, 0.15) is 11.6 Å². The summed E-state index contributed by atoms with van der Waals surface area (Å²) in [4.78, 5) is 25.7. The Kier molecular flexibility index (Phi) is 6.29. The predicted molar refractivity (Wildman–Crippen MR) is 97.3 cm³/mol. The molecule has 2 N–H and O–H groups in total. The highest BCUT2D eigenvalue weighted by Gasteiger charge is 2.29. The van der Waals surface area contributed by atoms with E-state index in [1.165, 1.54) is 36.4 Å². The number of piperidine rings is 1. The molecule has 1 amide bonds. The number of amides is 1. The minimum Gasteiger partial charge on any atom is -0.347 e. The summed E-state index contributed by atoms with van der Waals surface area (Å²) in [5.74, 6) is -0.723. The van der Waals surface area contributed by atoms with Crippen molar-refractivity contribution >= 4 is 11.7 Å². The average Bonchev–Trinajstić information content (AvgIpc) is 2.68. The Morgan fingerprint density at radius 1 is 0.926 bits per heavy atom. The lowest BCUT2D eigenvalue weighted by Crippen LogP contribution is -3.14. The smallest absolute Gasteiger partial charge is 0.275 e. The van der Waals surface area contributed by atoms with E-state index in [2.05, 4.69) is 5.32 Å². The van der Waals surface area contributed by atoms with E-state index in [9.17, 15) is 18.4 Å². The van der Waals surface area contributed by atoms with Crippen molar-refractivity contribution in [2.24, 2.45) is 5.92 Å². The van der Waals surface area contributed by atoms with Gasteiger partial charge in [-0.1, -0.05) is 12.1 Å². The minimum absolute atomic E-state index is 0.0508. The third-order valence-corrected chi connectivity index (χ3v) is 5.01. The molecule has 0 saturated carbocycles. The number of rotatable bonds is 6. The minimum atomic E-state index is -0.350. The number of nitrogens with one attached hydrogen (secondary N) is 2. The lowest BCUT2D eigenvalue weighted by atomic mass is 9.89. The lowest BCUT2D eigenvalue weighted by Gasteiger charge is -2.28. The molecule has 0 atom stereocenters. The molecule has 0 aromatic heterocycles. The van der Waals surface area contributed by atoms with Crippen molar-refractivity contribution in [1.29, 1.82) is 0 Å².